The number of aromatic nitrogens is 2. The van der Waals surface area contributed by atoms with Crippen molar-refractivity contribution >= 4 is 21.8 Å². The van der Waals surface area contributed by atoms with Gasteiger partial charge in [0.15, 0.2) is 11.5 Å². The number of alkyl halides is 3. The van der Waals surface area contributed by atoms with Crippen LogP contribution in [0.3, 0.4) is 0 Å². The molecule has 2 aromatic carbocycles. The molecule has 2 aliphatic rings. The average Bonchev–Trinajstić information content (AvgIpc) is 3.20. The lowest BCUT2D eigenvalue weighted by Crippen LogP contribution is -2.40. The van der Waals surface area contributed by atoms with Crippen LogP contribution in [-0.4, -0.2) is 42.1 Å². The molecule has 0 fully saturated rings. The maximum absolute atomic E-state index is 12.7. The van der Waals surface area contributed by atoms with Gasteiger partial charge in [0, 0.05) is 34.2 Å². The Morgan fingerprint density at radius 3 is 2.86 bits per heavy atom. The molecule has 188 valence electrons. The fourth-order valence-electron chi connectivity index (χ4n) is 5.27. The Morgan fingerprint density at radius 1 is 1.11 bits per heavy atom. The summed E-state index contributed by atoms with van der Waals surface area (Å²) in [5, 5.41) is 5.26. The number of pyridine rings is 1. The molecule has 2 aromatic heterocycles. The van der Waals surface area contributed by atoms with Crippen LogP contribution in [0.5, 0.6) is 17.2 Å². The standard InChI is InChI=1S/C27H26F3N3O3/c1-15-2-5-19-22(32-15)8-9-25-26(19)35-18(14-34-25)13-31-12-16-3-6-23-20(10-16)21-11-17(36-27(28,29)30)4-7-24(21)33-23/h2,4-5,7-9,11,16,18,31,33H,3,6,10,12-14H2,1H3/t16-,18+/m1/s1. The lowest BCUT2D eigenvalue weighted by molar-refractivity contribution is -0.274. The fraction of sp³-hybridized carbons (Fsp3) is 0.370. The number of rotatable bonds is 5. The second-order valence-corrected chi connectivity index (χ2v) is 9.57. The van der Waals surface area contributed by atoms with E-state index < -0.39 is 6.36 Å². The number of hydrogen-bond donors (Lipinski definition) is 2. The highest BCUT2D eigenvalue weighted by atomic mass is 19.4. The van der Waals surface area contributed by atoms with Gasteiger partial charge < -0.3 is 24.5 Å². The van der Waals surface area contributed by atoms with Crippen LogP contribution in [0.15, 0.2) is 42.5 Å². The van der Waals surface area contributed by atoms with E-state index in [2.05, 4.69) is 20.0 Å². The molecule has 2 N–H and O–H groups in total. The van der Waals surface area contributed by atoms with E-state index >= 15 is 0 Å². The van der Waals surface area contributed by atoms with E-state index in [1.807, 2.05) is 31.2 Å². The topological polar surface area (TPSA) is 68.4 Å². The molecular formula is C27H26F3N3O3. The molecule has 0 bridgehead atoms. The third kappa shape index (κ3) is 4.55. The molecule has 4 aromatic rings. The number of aromatic amines is 1. The third-order valence-electron chi connectivity index (χ3n) is 6.93. The first-order valence-electron chi connectivity index (χ1n) is 12.1. The molecule has 6 rings (SSSR count). The predicted octanol–water partition coefficient (Wildman–Crippen LogP) is 5.46. The average molecular weight is 498 g/mol. The number of nitrogens with zero attached hydrogens (tertiary/aromatic N) is 1. The van der Waals surface area contributed by atoms with Gasteiger partial charge in [0.05, 0.1) is 5.52 Å². The predicted molar refractivity (Wildman–Crippen MR) is 130 cm³/mol. The Labute approximate surface area is 205 Å². The molecule has 0 unspecified atom stereocenters. The minimum atomic E-state index is -4.70. The molecule has 0 saturated carbocycles. The smallest absolute Gasteiger partial charge is 0.486 e. The molecule has 36 heavy (non-hydrogen) atoms. The normalized spacial score (nSPS) is 19.4. The van der Waals surface area contributed by atoms with E-state index in [4.69, 9.17) is 9.47 Å². The van der Waals surface area contributed by atoms with Gasteiger partial charge in [-0.2, -0.15) is 0 Å². The molecule has 9 heteroatoms. The van der Waals surface area contributed by atoms with Crippen molar-refractivity contribution in [3.63, 3.8) is 0 Å². The number of aryl methyl sites for hydroxylation is 2. The van der Waals surface area contributed by atoms with Crippen molar-refractivity contribution in [3.05, 3.63) is 59.4 Å². The fourth-order valence-corrected chi connectivity index (χ4v) is 5.27. The molecule has 3 heterocycles. The molecule has 0 amide bonds. The van der Waals surface area contributed by atoms with Crippen molar-refractivity contribution in [2.45, 2.75) is 38.7 Å². The Balaban J connectivity index is 1.10. The van der Waals surface area contributed by atoms with E-state index in [1.54, 1.807) is 6.07 Å². The number of H-pyrrole nitrogens is 1. The lowest BCUT2D eigenvalue weighted by atomic mass is 9.86. The van der Waals surface area contributed by atoms with E-state index in [9.17, 15) is 13.2 Å². The molecule has 0 saturated heterocycles. The van der Waals surface area contributed by atoms with E-state index in [0.717, 1.165) is 76.1 Å². The highest BCUT2D eigenvalue weighted by Crippen LogP contribution is 2.38. The second-order valence-electron chi connectivity index (χ2n) is 9.57. The monoisotopic (exact) mass is 497 g/mol. The van der Waals surface area contributed by atoms with Gasteiger partial charge in [-0.25, -0.2) is 0 Å². The SMILES string of the molecule is Cc1ccc2c3c(ccc2n1)OC[C@H](CNC[C@@H]1CCc2[nH]c4ccc(OC(F)(F)F)cc4c2C1)O3. The van der Waals surface area contributed by atoms with Crippen LogP contribution in [0, 0.1) is 12.8 Å². The Bertz CT molecular complexity index is 1430. The van der Waals surface area contributed by atoms with Crippen molar-refractivity contribution in [2.75, 3.05) is 19.7 Å². The number of halogens is 3. The van der Waals surface area contributed by atoms with Crippen LogP contribution in [0.4, 0.5) is 13.2 Å². The van der Waals surface area contributed by atoms with Crippen LogP contribution in [-0.2, 0) is 12.8 Å². The molecule has 1 aliphatic heterocycles. The van der Waals surface area contributed by atoms with Crippen molar-refractivity contribution in [2.24, 2.45) is 5.92 Å². The van der Waals surface area contributed by atoms with Crippen LogP contribution in [0.1, 0.15) is 23.4 Å². The highest BCUT2D eigenvalue weighted by Gasteiger charge is 2.32. The Morgan fingerprint density at radius 2 is 2.00 bits per heavy atom. The summed E-state index contributed by atoms with van der Waals surface area (Å²) in [6.07, 6.45) is -2.18. The van der Waals surface area contributed by atoms with Gasteiger partial charge >= 0.3 is 6.36 Å². The largest absolute Gasteiger partial charge is 0.573 e. The number of ether oxygens (including phenoxy) is 3. The molecule has 1 aliphatic carbocycles. The highest BCUT2D eigenvalue weighted by molar-refractivity contribution is 5.88. The number of benzene rings is 2. The van der Waals surface area contributed by atoms with Crippen LogP contribution >= 0.6 is 0 Å². The van der Waals surface area contributed by atoms with Gasteiger partial charge in [-0.3, -0.25) is 4.98 Å². The number of fused-ring (bicyclic) bond motifs is 6. The zero-order valence-corrected chi connectivity index (χ0v) is 19.7. The van der Waals surface area contributed by atoms with Crippen molar-refractivity contribution in [1.82, 2.24) is 15.3 Å². The van der Waals surface area contributed by atoms with Gasteiger partial charge in [0.1, 0.15) is 18.5 Å². The summed E-state index contributed by atoms with van der Waals surface area (Å²) in [5.41, 5.74) is 4.85. The zero-order valence-electron chi connectivity index (χ0n) is 19.7. The quantitative estimate of drug-likeness (QED) is 0.383. The van der Waals surface area contributed by atoms with E-state index in [1.165, 1.54) is 12.1 Å². The maximum atomic E-state index is 12.7. The van der Waals surface area contributed by atoms with Crippen LogP contribution < -0.4 is 19.5 Å². The van der Waals surface area contributed by atoms with E-state index in [-0.39, 0.29) is 11.9 Å². The van der Waals surface area contributed by atoms with Gasteiger partial charge in [-0.1, -0.05) is 0 Å². The summed E-state index contributed by atoms with van der Waals surface area (Å²) in [6, 6.07) is 12.3. The summed E-state index contributed by atoms with van der Waals surface area (Å²) in [6.45, 7) is 3.84. The van der Waals surface area contributed by atoms with Crippen molar-refractivity contribution in [1.29, 1.82) is 0 Å². The minimum absolute atomic E-state index is 0.126. The lowest BCUT2D eigenvalue weighted by Gasteiger charge is -2.29. The number of nitrogens with one attached hydrogen (secondary N) is 2. The van der Waals surface area contributed by atoms with Crippen LogP contribution in [0.2, 0.25) is 0 Å². The minimum Gasteiger partial charge on any atom is -0.486 e. The first-order valence-corrected chi connectivity index (χ1v) is 12.1. The molecule has 0 radical (unpaired) electrons. The molecule has 2 atom stereocenters. The summed E-state index contributed by atoms with van der Waals surface area (Å²) >= 11 is 0. The molecule has 0 spiro atoms. The molecular weight excluding hydrogens is 471 g/mol. The van der Waals surface area contributed by atoms with Crippen molar-refractivity contribution in [3.8, 4) is 17.2 Å². The first kappa shape index (κ1) is 23.0. The summed E-state index contributed by atoms with van der Waals surface area (Å²) in [4.78, 5) is 7.94. The molecule has 6 nitrogen and oxygen atoms in total. The summed E-state index contributed by atoms with van der Waals surface area (Å²) < 4.78 is 54.4. The van der Waals surface area contributed by atoms with Crippen LogP contribution in [0.25, 0.3) is 21.8 Å². The third-order valence-corrected chi connectivity index (χ3v) is 6.93. The van der Waals surface area contributed by atoms with Gasteiger partial charge in [0.2, 0.25) is 0 Å². The first-order chi connectivity index (χ1) is 17.3. The summed E-state index contributed by atoms with van der Waals surface area (Å²) in [7, 11) is 0. The Kier molecular flexibility index (Phi) is 5.67. The van der Waals surface area contributed by atoms with Crippen molar-refractivity contribution < 1.29 is 27.4 Å². The van der Waals surface area contributed by atoms with Gasteiger partial charge in [-0.15, -0.1) is 13.2 Å². The second kappa shape index (κ2) is 8.89. The summed E-state index contributed by atoms with van der Waals surface area (Å²) in [5.74, 6) is 1.65. The zero-order chi connectivity index (χ0) is 24.9. The van der Waals surface area contributed by atoms with E-state index in [0.29, 0.717) is 19.1 Å². The van der Waals surface area contributed by atoms with Gasteiger partial charge in [0.25, 0.3) is 0 Å². The van der Waals surface area contributed by atoms with Gasteiger partial charge in [-0.05, 0) is 86.7 Å². The number of hydrogen-bond acceptors (Lipinski definition) is 5. The Hall–Kier alpha value is -3.46. The maximum Gasteiger partial charge on any atom is 0.573 e.